The van der Waals surface area contributed by atoms with E-state index >= 15 is 4.39 Å². The summed E-state index contributed by atoms with van der Waals surface area (Å²) in [5.41, 5.74) is 1.24. The first kappa shape index (κ1) is 49.6. The molecule has 388 valence electrons. The highest BCUT2D eigenvalue weighted by Gasteiger charge is 2.46. The molecular weight excluding hydrogens is 942 g/mol. The lowest BCUT2D eigenvalue weighted by Crippen LogP contribution is -2.50. The number of ether oxygens (including phenoxy) is 2. The van der Waals surface area contributed by atoms with Crippen molar-refractivity contribution in [1.82, 2.24) is 35.0 Å². The summed E-state index contributed by atoms with van der Waals surface area (Å²) in [6.45, 7) is 10.8. The van der Waals surface area contributed by atoms with Gasteiger partial charge in [0.05, 0.1) is 30.4 Å². The van der Waals surface area contributed by atoms with E-state index in [-0.39, 0.29) is 58.6 Å². The fraction of sp³-hybridized carbons (Fsp3) is 0.509. The van der Waals surface area contributed by atoms with Crippen LogP contribution in [-0.4, -0.2) is 149 Å². The molecular formula is C57H66FN9O7. The van der Waals surface area contributed by atoms with Crippen molar-refractivity contribution in [1.29, 1.82) is 0 Å². The average molecular weight is 1010 g/mol. The molecule has 4 saturated heterocycles. The molecule has 16 nitrogen and oxygen atoms in total. The number of benzene rings is 3. The van der Waals surface area contributed by atoms with Crippen LogP contribution in [0.4, 0.5) is 20.7 Å². The Labute approximate surface area is 431 Å². The number of fused-ring (bicyclic) bond motifs is 2. The van der Waals surface area contributed by atoms with Crippen LogP contribution in [0, 0.1) is 34.9 Å². The van der Waals surface area contributed by atoms with E-state index in [0.717, 1.165) is 71.4 Å². The van der Waals surface area contributed by atoms with E-state index in [2.05, 4.69) is 26.0 Å². The molecule has 0 unspecified atom stereocenters. The maximum atomic E-state index is 17.1. The number of hydrogen-bond donors (Lipinski definition) is 3. The van der Waals surface area contributed by atoms with Gasteiger partial charge in [0.2, 0.25) is 5.91 Å². The lowest BCUT2D eigenvalue weighted by Gasteiger charge is -2.47. The second kappa shape index (κ2) is 19.9. The summed E-state index contributed by atoms with van der Waals surface area (Å²) in [6, 6.07) is 13.2. The molecule has 4 amide bonds. The maximum Gasteiger partial charge on any atom is 0.328 e. The summed E-state index contributed by atoms with van der Waals surface area (Å²) in [5, 5.41) is 25.9. The Morgan fingerprint density at radius 2 is 1.70 bits per heavy atom. The van der Waals surface area contributed by atoms with Gasteiger partial charge in [-0.15, -0.1) is 6.42 Å². The van der Waals surface area contributed by atoms with Gasteiger partial charge in [-0.1, -0.05) is 18.1 Å². The summed E-state index contributed by atoms with van der Waals surface area (Å²) in [6.07, 6.45) is 17.8. The van der Waals surface area contributed by atoms with Gasteiger partial charge in [0.1, 0.15) is 28.5 Å². The van der Waals surface area contributed by atoms with Crippen LogP contribution in [0.3, 0.4) is 0 Å². The number of nitrogens with zero attached hydrogens (tertiary/aromatic N) is 8. The highest BCUT2D eigenvalue weighted by molar-refractivity contribution is 6.07. The van der Waals surface area contributed by atoms with E-state index in [4.69, 9.17) is 25.9 Å². The molecule has 74 heavy (non-hydrogen) atoms. The lowest BCUT2D eigenvalue weighted by atomic mass is 9.65. The van der Waals surface area contributed by atoms with Gasteiger partial charge in [0.15, 0.2) is 5.82 Å². The predicted molar refractivity (Wildman–Crippen MR) is 280 cm³/mol. The largest absolute Gasteiger partial charge is 0.508 e. The number of pyridine rings is 1. The van der Waals surface area contributed by atoms with Gasteiger partial charge in [-0.2, -0.15) is 9.97 Å². The van der Waals surface area contributed by atoms with Crippen molar-refractivity contribution >= 4 is 51.0 Å². The van der Waals surface area contributed by atoms with E-state index in [1.807, 2.05) is 22.8 Å². The monoisotopic (exact) mass is 1010 g/mol. The molecule has 17 heteroatoms. The number of urea groups is 1. The van der Waals surface area contributed by atoms with Crippen LogP contribution in [0.25, 0.3) is 32.9 Å². The molecule has 11 rings (SSSR count). The van der Waals surface area contributed by atoms with Crippen molar-refractivity contribution < 1.29 is 38.5 Å². The number of aromatic hydroxyl groups is 1. The lowest BCUT2D eigenvalue weighted by molar-refractivity contribution is -0.120. The first-order valence-electron chi connectivity index (χ1n) is 26.4. The molecule has 5 aromatic rings. The van der Waals surface area contributed by atoms with E-state index < -0.39 is 17.4 Å². The first-order chi connectivity index (χ1) is 35.7. The minimum absolute atomic E-state index is 0.00899. The SMILES string of the molecule is C#Cc1cccc2cc(O)cc(-c3ncc4c(N5CCC[C@@](C)(O)C5)nc(OCC5(CN6CCN(CC7CCC8(CC7)CCN(C(=O)c7ccc(OC)c(N9CCC(=O)NC9=O)c7)CC8)CC6)CC5)nc4c3F)c12. The number of rotatable bonds is 12. The minimum atomic E-state index is -0.950. The Balaban J connectivity index is 0.690. The Morgan fingerprint density at radius 1 is 0.932 bits per heavy atom. The average Bonchev–Trinajstić information content (AvgIpc) is 4.17. The maximum absolute atomic E-state index is 17.1. The molecule has 2 aromatic heterocycles. The number of β-amino-alcohol motifs (C(OH)–C–C–N with tert-alkyl or cyclic N) is 1. The van der Waals surface area contributed by atoms with Gasteiger partial charge >= 0.3 is 12.0 Å². The minimum Gasteiger partial charge on any atom is -0.508 e. The van der Waals surface area contributed by atoms with Gasteiger partial charge in [-0.05, 0) is 124 Å². The van der Waals surface area contributed by atoms with E-state index in [1.54, 1.807) is 42.6 Å². The number of imide groups is 1. The predicted octanol–water partition coefficient (Wildman–Crippen LogP) is 7.37. The zero-order valence-corrected chi connectivity index (χ0v) is 42.5. The molecule has 3 N–H and O–H groups in total. The second-order valence-electron chi connectivity index (χ2n) is 22.3. The van der Waals surface area contributed by atoms with Crippen LogP contribution in [0.2, 0.25) is 0 Å². The number of carbonyl (C=O) groups is 3. The normalized spacial score (nSPS) is 22.5. The number of nitrogens with one attached hydrogen (secondary N) is 1. The van der Waals surface area contributed by atoms with Crippen molar-refractivity contribution in [3.8, 4) is 41.1 Å². The number of phenols is 1. The third-order valence-electron chi connectivity index (χ3n) is 17.0. The van der Waals surface area contributed by atoms with Crippen LogP contribution in [0.1, 0.15) is 93.5 Å². The Bertz CT molecular complexity index is 3040. The number of halogens is 1. The molecule has 4 aliphatic heterocycles. The summed E-state index contributed by atoms with van der Waals surface area (Å²) in [5.74, 6) is 3.23. The van der Waals surface area contributed by atoms with Crippen molar-refractivity contribution in [2.45, 2.75) is 83.2 Å². The van der Waals surface area contributed by atoms with Gasteiger partial charge < -0.3 is 39.3 Å². The Kier molecular flexibility index (Phi) is 13.3. The summed E-state index contributed by atoms with van der Waals surface area (Å²) >= 11 is 0. The fourth-order valence-electron chi connectivity index (χ4n) is 12.5. The van der Waals surface area contributed by atoms with Crippen LogP contribution in [0.5, 0.6) is 17.5 Å². The second-order valence-corrected chi connectivity index (χ2v) is 22.3. The highest BCUT2D eigenvalue weighted by atomic mass is 19.1. The number of aliphatic hydroxyl groups is 1. The smallest absolute Gasteiger partial charge is 0.328 e. The molecule has 2 saturated carbocycles. The summed E-state index contributed by atoms with van der Waals surface area (Å²) < 4.78 is 29.1. The number of phenolic OH excluding ortho intramolecular Hbond substituents is 1. The van der Waals surface area contributed by atoms with Crippen molar-refractivity contribution in [3.63, 3.8) is 0 Å². The number of anilines is 2. The van der Waals surface area contributed by atoms with Crippen molar-refractivity contribution in [3.05, 3.63) is 71.7 Å². The number of methoxy groups -OCH3 is 1. The van der Waals surface area contributed by atoms with Gasteiger partial charge in [0, 0.05) is 112 Å². The Hall–Kier alpha value is -6.61. The molecule has 0 bridgehead atoms. The number of piperazine rings is 1. The number of aromatic nitrogens is 3. The van der Waals surface area contributed by atoms with E-state index in [0.29, 0.717) is 95.2 Å². The van der Waals surface area contributed by atoms with Crippen LogP contribution >= 0.6 is 0 Å². The number of carbonyl (C=O) groups excluding carboxylic acids is 3. The number of amides is 4. The Morgan fingerprint density at radius 3 is 2.42 bits per heavy atom. The summed E-state index contributed by atoms with van der Waals surface area (Å²) in [7, 11) is 1.53. The van der Waals surface area contributed by atoms with Gasteiger partial charge in [-0.3, -0.25) is 24.8 Å². The molecule has 3 aromatic carbocycles. The quantitative estimate of drug-likeness (QED) is 0.106. The van der Waals surface area contributed by atoms with E-state index in [1.165, 1.54) is 43.8 Å². The van der Waals surface area contributed by atoms with Crippen LogP contribution in [0.15, 0.2) is 54.7 Å². The van der Waals surface area contributed by atoms with Crippen molar-refractivity contribution in [2.24, 2.45) is 16.7 Å². The van der Waals surface area contributed by atoms with Crippen LogP contribution < -0.4 is 24.6 Å². The molecule has 0 radical (unpaired) electrons. The van der Waals surface area contributed by atoms with Gasteiger partial charge in [-0.25, -0.2) is 9.18 Å². The van der Waals surface area contributed by atoms with E-state index in [9.17, 15) is 24.6 Å². The zero-order valence-electron chi connectivity index (χ0n) is 42.5. The molecule has 2 aliphatic carbocycles. The highest BCUT2D eigenvalue weighted by Crippen LogP contribution is 2.49. The molecule has 6 fully saturated rings. The number of likely N-dealkylation sites (tertiary alicyclic amines) is 1. The first-order valence-corrected chi connectivity index (χ1v) is 26.4. The molecule has 1 spiro atoms. The number of terminal acetylenes is 1. The van der Waals surface area contributed by atoms with Crippen molar-refractivity contribution in [2.75, 3.05) is 95.5 Å². The summed E-state index contributed by atoms with van der Waals surface area (Å²) in [4.78, 5) is 63.0. The third kappa shape index (κ3) is 10.0. The number of hydrogen-bond acceptors (Lipinski definition) is 13. The van der Waals surface area contributed by atoms with Crippen LogP contribution in [-0.2, 0) is 4.79 Å². The standard InChI is InChI=1S/C57H66FN9O7/c1-4-38-7-5-8-39-29-41(68)31-42(47(38)39)49-48(58)50-43(32-59-49)51(66-21-6-14-55(2,72)34-66)62-53(61-50)74-36-57(17-18-57)35-64-27-25-63(26-28-64)33-37-11-15-56(16-12-37)19-23-65(24-20-56)52(70)40-9-10-45(73-3)44(30-40)67-22-13-46(69)60-54(67)71/h1,5,7-10,29-32,37,68,72H,6,11-28,33-36H2,2-3H3,(H,60,69,71)/t55-/m1/s1. The fourth-order valence-corrected chi connectivity index (χ4v) is 12.5. The van der Waals surface area contributed by atoms with Gasteiger partial charge in [0.25, 0.3) is 5.91 Å². The zero-order chi connectivity index (χ0) is 51.4. The number of piperidine rings is 2. The molecule has 6 heterocycles. The topological polar surface area (TPSA) is 177 Å². The third-order valence-corrected chi connectivity index (χ3v) is 17.0. The molecule has 6 aliphatic rings. The molecule has 1 atom stereocenters.